The fraction of sp³-hybridized carbons (Fsp3) is 0.238. The molecule has 0 saturated carbocycles. The Hall–Kier alpha value is -2.77. The maximum absolute atomic E-state index is 13.1. The average molecular weight is 398 g/mol. The van der Waals surface area contributed by atoms with Crippen molar-refractivity contribution in [2.45, 2.75) is 25.7 Å². The number of hydrogen-bond acceptors (Lipinski definition) is 4. The van der Waals surface area contributed by atoms with Gasteiger partial charge in [0.15, 0.2) is 0 Å². The molecule has 7 heteroatoms. The van der Waals surface area contributed by atoms with Gasteiger partial charge in [-0.3, -0.25) is 9.78 Å². The molecule has 146 valence electrons. The second kappa shape index (κ2) is 7.69. The lowest BCUT2D eigenvalue weighted by atomic mass is 10.1. The lowest BCUT2D eigenvalue weighted by Gasteiger charge is -2.19. The second-order valence-corrected chi connectivity index (χ2v) is 8.87. The number of carbonyl (C=O) groups is 1. The minimum absolute atomic E-state index is 0.142. The number of nitrogens with zero attached hydrogens (tertiary/aromatic N) is 2. The Morgan fingerprint density at radius 3 is 2.36 bits per heavy atom. The van der Waals surface area contributed by atoms with Crippen LogP contribution in [-0.2, 0) is 14.8 Å². The molecule has 0 spiro atoms. The molecule has 0 aliphatic heterocycles. The van der Waals surface area contributed by atoms with Crippen molar-refractivity contribution >= 4 is 32.5 Å². The van der Waals surface area contributed by atoms with Gasteiger partial charge >= 0.3 is 0 Å². The quantitative estimate of drug-likeness (QED) is 0.715. The Morgan fingerprint density at radius 1 is 1.00 bits per heavy atom. The zero-order valence-electron chi connectivity index (χ0n) is 16.4. The van der Waals surface area contributed by atoms with Crippen LogP contribution in [0, 0.1) is 20.8 Å². The fourth-order valence-corrected chi connectivity index (χ4v) is 4.46. The highest BCUT2D eigenvalue weighted by Crippen LogP contribution is 2.26. The summed E-state index contributed by atoms with van der Waals surface area (Å²) in [5.74, 6) is -0.391. The molecule has 1 N–H and O–H groups in total. The Balaban J connectivity index is 1.87. The summed E-state index contributed by atoms with van der Waals surface area (Å²) in [6.07, 6.45) is 1.63. The lowest BCUT2D eigenvalue weighted by Crippen LogP contribution is -2.35. The van der Waals surface area contributed by atoms with Crippen molar-refractivity contribution in [1.82, 2.24) is 9.29 Å². The number of amides is 1. The van der Waals surface area contributed by atoms with E-state index in [0.717, 1.165) is 21.0 Å². The largest absolute Gasteiger partial charge is 0.324 e. The van der Waals surface area contributed by atoms with Crippen molar-refractivity contribution in [1.29, 1.82) is 0 Å². The van der Waals surface area contributed by atoms with Crippen molar-refractivity contribution < 1.29 is 13.2 Å². The van der Waals surface area contributed by atoms with Crippen LogP contribution in [0.4, 0.5) is 5.69 Å². The molecule has 3 rings (SSSR count). The number of hydrogen-bond donors (Lipinski definition) is 1. The van der Waals surface area contributed by atoms with Crippen LogP contribution >= 0.6 is 0 Å². The highest BCUT2D eigenvalue weighted by molar-refractivity contribution is 7.89. The summed E-state index contributed by atoms with van der Waals surface area (Å²) in [6, 6.07) is 12.4. The third kappa shape index (κ3) is 3.76. The van der Waals surface area contributed by atoms with Gasteiger partial charge in [0, 0.05) is 24.3 Å². The number of para-hydroxylation sites is 1. The number of sulfonamides is 1. The number of carbonyl (C=O) groups excluding carboxylic acids is 1. The first-order chi connectivity index (χ1) is 13.2. The summed E-state index contributed by atoms with van der Waals surface area (Å²) >= 11 is 0. The zero-order valence-corrected chi connectivity index (χ0v) is 17.2. The van der Waals surface area contributed by atoms with E-state index < -0.39 is 15.9 Å². The Morgan fingerprint density at radius 2 is 1.68 bits per heavy atom. The number of rotatable bonds is 5. The van der Waals surface area contributed by atoms with Crippen LogP contribution in [-0.4, -0.2) is 37.2 Å². The number of anilines is 1. The molecule has 0 saturated heterocycles. The van der Waals surface area contributed by atoms with Gasteiger partial charge in [-0.2, -0.15) is 4.31 Å². The van der Waals surface area contributed by atoms with E-state index in [1.807, 2.05) is 39.0 Å². The summed E-state index contributed by atoms with van der Waals surface area (Å²) in [6.45, 7) is 5.39. The Labute approximate surface area is 165 Å². The first-order valence-corrected chi connectivity index (χ1v) is 10.3. The van der Waals surface area contributed by atoms with E-state index in [2.05, 4.69) is 10.3 Å². The molecule has 0 radical (unpaired) electrons. The molecule has 28 heavy (non-hydrogen) atoms. The molecule has 0 aliphatic rings. The van der Waals surface area contributed by atoms with Crippen LogP contribution in [0.5, 0.6) is 0 Å². The fourth-order valence-electron chi connectivity index (χ4n) is 3.16. The Bertz CT molecular complexity index is 1140. The topological polar surface area (TPSA) is 79.4 Å². The SMILES string of the molecule is Cc1cccc(C)c1NC(=O)CN(C)S(=O)(=O)c1ccc(C)c2ncccc12. The highest BCUT2D eigenvalue weighted by atomic mass is 32.2. The van der Waals surface area contributed by atoms with Crippen molar-refractivity contribution in [3.63, 3.8) is 0 Å². The molecular formula is C21H23N3O3S. The van der Waals surface area contributed by atoms with Gasteiger partial charge in [0.1, 0.15) is 0 Å². The van der Waals surface area contributed by atoms with E-state index >= 15 is 0 Å². The minimum atomic E-state index is -3.86. The number of pyridine rings is 1. The number of aromatic nitrogens is 1. The molecule has 3 aromatic rings. The maximum Gasteiger partial charge on any atom is 0.243 e. The second-order valence-electron chi connectivity index (χ2n) is 6.86. The standard InChI is InChI=1S/C21H23N3O3S/c1-14-7-5-8-15(2)20(14)23-19(25)13-24(4)28(26,27)18-11-10-16(3)21-17(18)9-6-12-22-21/h5-12H,13H2,1-4H3,(H,23,25). The first kappa shape index (κ1) is 20.0. The number of benzene rings is 2. The van der Waals surface area contributed by atoms with Gasteiger partial charge in [-0.25, -0.2) is 8.42 Å². The zero-order chi connectivity index (χ0) is 20.5. The van der Waals surface area contributed by atoms with E-state index in [9.17, 15) is 13.2 Å². The summed E-state index contributed by atoms with van der Waals surface area (Å²) < 4.78 is 27.3. The summed E-state index contributed by atoms with van der Waals surface area (Å²) in [5, 5.41) is 3.37. The van der Waals surface area contributed by atoms with Crippen LogP contribution in [0.1, 0.15) is 16.7 Å². The minimum Gasteiger partial charge on any atom is -0.324 e. The molecule has 2 aromatic carbocycles. The number of nitrogens with one attached hydrogen (secondary N) is 1. The highest BCUT2D eigenvalue weighted by Gasteiger charge is 2.25. The molecule has 0 unspecified atom stereocenters. The maximum atomic E-state index is 13.1. The molecular weight excluding hydrogens is 374 g/mol. The predicted octanol–water partition coefficient (Wildman–Crippen LogP) is 3.42. The van der Waals surface area contributed by atoms with Gasteiger partial charge in [0.05, 0.1) is 17.0 Å². The normalized spacial score (nSPS) is 11.8. The summed E-state index contributed by atoms with van der Waals surface area (Å²) in [7, 11) is -2.45. The number of fused-ring (bicyclic) bond motifs is 1. The first-order valence-electron chi connectivity index (χ1n) is 8.88. The number of aryl methyl sites for hydroxylation is 3. The van der Waals surface area contributed by atoms with Gasteiger partial charge in [0.25, 0.3) is 0 Å². The molecule has 1 heterocycles. The van der Waals surface area contributed by atoms with Crippen molar-refractivity contribution in [3.8, 4) is 0 Å². The monoisotopic (exact) mass is 397 g/mol. The molecule has 0 atom stereocenters. The molecule has 1 amide bonds. The van der Waals surface area contributed by atoms with E-state index in [0.29, 0.717) is 16.6 Å². The molecule has 0 bridgehead atoms. The van der Waals surface area contributed by atoms with Gasteiger partial charge in [-0.1, -0.05) is 24.3 Å². The van der Waals surface area contributed by atoms with Crippen LogP contribution in [0.3, 0.4) is 0 Å². The van der Waals surface area contributed by atoms with Gasteiger partial charge < -0.3 is 5.32 Å². The third-order valence-corrected chi connectivity index (χ3v) is 6.59. The Kier molecular flexibility index (Phi) is 5.49. The number of likely N-dealkylation sites (N-methyl/N-ethyl adjacent to an activating group) is 1. The molecule has 0 fully saturated rings. The van der Waals surface area contributed by atoms with Crippen LogP contribution in [0.15, 0.2) is 53.6 Å². The predicted molar refractivity (Wildman–Crippen MR) is 111 cm³/mol. The van der Waals surface area contributed by atoms with Crippen LogP contribution in [0.25, 0.3) is 10.9 Å². The van der Waals surface area contributed by atoms with E-state index in [-0.39, 0.29) is 11.4 Å². The van der Waals surface area contributed by atoms with E-state index in [4.69, 9.17) is 0 Å². The van der Waals surface area contributed by atoms with Crippen LogP contribution in [0.2, 0.25) is 0 Å². The van der Waals surface area contributed by atoms with Crippen molar-refractivity contribution in [2.75, 3.05) is 18.9 Å². The molecule has 6 nitrogen and oxygen atoms in total. The van der Waals surface area contributed by atoms with Crippen molar-refractivity contribution in [2.24, 2.45) is 0 Å². The summed E-state index contributed by atoms with van der Waals surface area (Å²) in [4.78, 5) is 16.9. The molecule has 0 aliphatic carbocycles. The smallest absolute Gasteiger partial charge is 0.243 e. The summed E-state index contributed by atoms with van der Waals surface area (Å²) in [5.41, 5.74) is 4.09. The third-order valence-electron chi connectivity index (χ3n) is 4.73. The van der Waals surface area contributed by atoms with Gasteiger partial charge in [0.2, 0.25) is 15.9 Å². The van der Waals surface area contributed by atoms with Crippen LogP contribution < -0.4 is 5.32 Å². The van der Waals surface area contributed by atoms with Crippen molar-refractivity contribution in [3.05, 3.63) is 65.4 Å². The van der Waals surface area contributed by atoms with E-state index in [1.165, 1.54) is 7.05 Å². The average Bonchev–Trinajstić information content (AvgIpc) is 2.65. The molecule has 1 aromatic heterocycles. The van der Waals surface area contributed by atoms with E-state index in [1.54, 1.807) is 30.5 Å². The lowest BCUT2D eigenvalue weighted by molar-refractivity contribution is -0.116. The van der Waals surface area contributed by atoms with Gasteiger partial charge in [-0.05, 0) is 55.7 Å². The van der Waals surface area contributed by atoms with Gasteiger partial charge in [-0.15, -0.1) is 0 Å².